The second-order valence-electron chi connectivity index (χ2n) is 5.99. The fourth-order valence-corrected chi connectivity index (χ4v) is 2.87. The normalized spacial score (nSPS) is 12.6. The summed E-state index contributed by atoms with van der Waals surface area (Å²) in [4.78, 5) is 25.7. The van der Waals surface area contributed by atoms with Gasteiger partial charge in [0.25, 0.3) is 0 Å². The molecule has 1 aliphatic heterocycles. The van der Waals surface area contributed by atoms with Crippen molar-refractivity contribution in [2.75, 3.05) is 11.9 Å². The lowest BCUT2D eigenvalue weighted by Crippen LogP contribution is -2.40. The number of anilines is 1. The Morgan fingerprint density at radius 1 is 1.16 bits per heavy atom. The first-order valence-corrected chi connectivity index (χ1v) is 8.24. The Balaban J connectivity index is 1.51. The van der Waals surface area contributed by atoms with Crippen molar-refractivity contribution in [3.63, 3.8) is 0 Å². The number of rotatable bonds is 4. The molecule has 1 aliphatic rings. The van der Waals surface area contributed by atoms with Crippen LogP contribution in [0.2, 0.25) is 0 Å². The van der Waals surface area contributed by atoms with Gasteiger partial charge in [-0.25, -0.2) is 9.18 Å². The van der Waals surface area contributed by atoms with E-state index >= 15 is 0 Å². The summed E-state index contributed by atoms with van der Waals surface area (Å²) in [6.45, 7) is 2.47. The summed E-state index contributed by atoms with van der Waals surface area (Å²) in [5, 5.41) is 5.34. The molecule has 130 valence electrons. The van der Waals surface area contributed by atoms with E-state index in [9.17, 15) is 14.0 Å². The number of hydrogen-bond donors (Lipinski definition) is 2. The second-order valence-corrected chi connectivity index (χ2v) is 5.99. The van der Waals surface area contributed by atoms with Crippen LogP contribution in [0.25, 0.3) is 0 Å². The van der Waals surface area contributed by atoms with Crippen LogP contribution < -0.4 is 10.6 Å². The van der Waals surface area contributed by atoms with Gasteiger partial charge in [-0.2, -0.15) is 0 Å². The molecule has 0 aromatic heterocycles. The molecule has 0 saturated carbocycles. The molecular formula is C19H20FN3O2. The van der Waals surface area contributed by atoms with Gasteiger partial charge >= 0.3 is 6.03 Å². The highest BCUT2D eigenvalue weighted by molar-refractivity contribution is 5.94. The molecule has 1 heterocycles. The molecule has 2 aromatic carbocycles. The van der Waals surface area contributed by atoms with Crippen LogP contribution in [0.15, 0.2) is 42.5 Å². The largest absolute Gasteiger partial charge is 0.329 e. The molecule has 0 atom stereocenters. The average Bonchev–Trinajstić information content (AvgIpc) is 3.05. The maximum absolute atomic E-state index is 13.7. The van der Waals surface area contributed by atoms with E-state index in [0.717, 1.165) is 17.5 Å². The van der Waals surface area contributed by atoms with Crippen LogP contribution in [0.1, 0.15) is 23.6 Å². The summed E-state index contributed by atoms with van der Waals surface area (Å²) >= 11 is 0. The van der Waals surface area contributed by atoms with Crippen molar-refractivity contribution < 1.29 is 14.0 Å². The van der Waals surface area contributed by atoms with E-state index in [1.807, 2.05) is 25.1 Å². The minimum atomic E-state index is -0.381. The predicted octanol–water partition coefficient (Wildman–Crippen LogP) is 3.05. The van der Waals surface area contributed by atoms with Crippen LogP contribution >= 0.6 is 0 Å². The number of urea groups is 1. The van der Waals surface area contributed by atoms with Crippen LogP contribution in [-0.4, -0.2) is 23.4 Å². The first kappa shape index (κ1) is 17.0. The molecule has 5 nitrogen and oxygen atoms in total. The quantitative estimate of drug-likeness (QED) is 0.898. The molecule has 0 aliphatic carbocycles. The third kappa shape index (κ3) is 3.96. The fraction of sp³-hybridized carbons (Fsp3) is 0.263. The Labute approximate surface area is 145 Å². The van der Waals surface area contributed by atoms with E-state index < -0.39 is 0 Å². The Hall–Kier alpha value is -2.89. The zero-order valence-corrected chi connectivity index (χ0v) is 14.0. The molecule has 0 unspecified atom stereocenters. The van der Waals surface area contributed by atoms with Crippen LogP contribution in [0, 0.1) is 5.82 Å². The van der Waals surface area contributed by atoms with Gasteiger partial charge in [0.2, 0.25) is 5.91 Å². The molecule has 0 bridgehead atoms. The Morgan fingerprint density at radius 3 is 2.72 bits per heavy atom. The zero-order chi connectivity index (χ0) is 17.8. The minimum Gasteiger partial charge on any atom is -0.329 e. The van der Waals surface area contributed by atoms with Crippen molar-refractivity contribution in [3.05, 3.63) is 65.0 Å². The number of halogens is 1. The summed E-state index contributed by atoms with van der Waals surface area (Å²) in [5.74, 6) is -0.606. The van der Waals surface area contributed by atoms with Crippen molar-refractivity contribution in [2.45, 2.75) is 26.4 Å². The van der Waals surface area contributed by atoms with Gasteiger partial charge in [0.1, 0.15) is 5.82 Å². The van der Waals surface area contributed by atoms with Crippen molar-refractivity contribution in [1.82, 2.24) is 10.2 Å². The number of hydrogen-bond acceptors (Lipinski definition) is 2. The van der Waals surface area contributed by atoms with E-state index in [1.54, 1.807) is 18.2 Å². The fourth-order valence-electron chi connectivity index (χ4n) is 2.87. The molecular weight excluding hydrogens is 321 g/mol. The highest BCUT2D eigenvalue weighted by atomic mass is 19.1. The zero-order valence-electron chi connectivity index (χ0n) is 14.0. The monoisotopic (exact) mass is 341 g/mol. The third-order valence-corrected chi connectivity index (χ3v) is 4.23. The Kier molecular flexibility index (Phi) is 4.97. The standard InChI is InChI=1S/C19H20FN3O2/c1-2-13-5-3-7-15(9-13)22-18(24)10-21-19(25)23-11-14-6-4-8-17(20)16(14)12-23/h3-9H,2,10-12H2,1H3,(H,21,25)(H,22,24). The SMILES string of the molecule is CCc1cccc(NC(=O)CNC(=O)N2Cc3cccc(F)c3C2)c1. The first-order valence-electron chi connectivity index (χ1n) is 8.24. The van der Waals surface area contributed by atoms with Gasteiger partial charge in [0, 0.05) is 17.8 Å². The second kappa shape index (κ2) is 7.34. The van der Waals surface area contributed by atoms with E-state index in [2.05, 4.69) is 10.6 Å². The maximum atomic E-state index is 13.7. The van der Waals surface area contributed by atoms with Crippen molar-refractivity contribution in [3.8, 4) is 0 Å². The highest BCUT2D eigenvalue weighted by Gasteiger charge is 2.25. The van der Waals surface area contributed by atoms with E-state index in [-0.39, 0.29) is 30.8 Å². The lowest BCUT2D eigenvalue weighted by molar-refractivity contribution is -0.115. The molecule has 0 saturated heterocycles. The van der Waals surface area contributed by atoms with Gasteiger partial charge in [0.05, 0.1) is 13.1 Å². The third-order valence-electron chi connectivity index (χ3n) is 4.23. The predicted molar refractivity (Wildman–Crippen MR) is 93.5 cm³/mol. The average molecular weight is 341 g/mol. The van der Waals surface area contributed by atoms with Gasteiger partial charge in [-0.1, -0.05) is 31.2 Å². The molecule has 3 amide bonds. The minimum absolute atomic E-state index is 0.134. The maximum Gasteiger partial charge on any atom is 0.318 e. The number of amides is 3. The van der Waals surface area contributed by atoms with Gasteiger partial charge in [-0.15, -0.1) is 0 Å². The smallest absolute Gasteiger partial charge is 0.318 e. The number of aryl methyl sites for hydroxylation is 1. The lowest BCUT2D eigenvalue weighted by atomic mass is 10.1. The number of benzene rings is 2. The molecule has 0 spiro atoms. The molecule has 25 heavy (non-hydrogen) atoms. The van der Waals surface area contributed by atoms with Gasteiger partial charge in [0.15, 0.2) is 0 Å². The van der Waals surface area contributed by atoms with Crippen LogP contribution in [0.3, 0.4) is 0 Å². The summed E-state index contributed by atoms with van der Waals surface area (Å²) in [5.41, 5.74) is 3.17. The number of nitrogens with one attached hydrogen (secondary N) is 2. The molecule has 0 radical (unpaired) electrons. The molecule has 2 N–H and O–H groups in total. The highest BCUT2D eigenvalue weighted by Crippen LogP contribution is 2.24. The van der Waals surface area contributed by atoms with E-state index in [1.165, 1.54) is 11.0 Å². The topological polar surface area (TPSA) is 61.4 Å². The molecule has 2 aromatic rings. The summed E-state index contributed by atoms with van der Waals surface area (Å²) in [7, 11) is 0. The molecule has 6 heteroatoms. The summed E-state index contributed by atoms with van der Waals surface area (Å²) in [6.07, 6.45) is 0.881. The van der Waals surface area contributed by atoms with Crippen LogP contribution in [-0.2, 0) is 24.3 Å². The van der Waals surface area contributed by atoms with Crippen LogP contribution in [0.4, 0.5) is 14.9 Å². The number of nitrogens with zero attached hydrogens (tertiary/aromatic N) is 1. The van der Waals surface area contributed by atoms with Crippen molar-refractivity contribution in [1.29, 1.82) is 0 Å². The van der Waals surface area contributed by atoms with Crippen molar-refractivity contribution >= 4 is 17.6 Å². The Bertz CT molecular complexity index is 807. The van der Waals surface area contributed by atoms with Crippen molar-refractivity contribution in [2.24, 2.45) is 0 Å². The lowest BCUT2D eigenvalue weighted by Gasteiger charge is -2.16. The van der Waals surface area contributed by atoms with Crippen LogP contribution in [0.5, 0.6) is 0 Å². The van der Waals surface area contributed by atoms with Gasteiger partial charge in [-0.3, -0.25) is 4.79 Å². The van der Waals surface area contributed by atoms with Gasteiger partial charge < -0.3 is 15.5 Å². The summed E-state index contributed by atoms with van der Waals surface area (Å²) in [6, 6.07) is 12.0. The molecule has 3 rings (SSSR count). The first-order chi connectivity index (χ1) is 12.1. The molecule has 0 fully saturated rings. The summed E-state index contributed by atoms with van der Waals surface area (Å²) < 4.78 is 13.7. The number of fused-ring (bicyclic) bond motifs is 1. The Morgan fingerprint density at radius 2 is 1.96 bits per heavy atom. The number of carbonyl (C=O) groups is 2. The van der Waals surface area contributed by atoms with E-state index in [4.69, 9.17) is 0 Å². The van der Waals surface area contributed by atoms with E-state index in [0.29, 0.717) is 17.8 Å². The van der Waals surface area contributed by atoms with Gasteiger partial charge in [-0.05, 0) is 35.7 Å². The number of carbonyl (C=O) groups excluding carboxylic acids is 2.